The summed E-state index contributed by atoms with van der Waals surface area (Å²) >= 11 is 0. The summed E-state index contributed by atoms with van der Waals surface area (Å²) in [7, 11) is 0. The molecule has 126 valence electrons. The number of hydrogen-bond donors (Lipinski definition) is 2. The molecule has 2 aromatic rings. The van der Waals surface area contributed by atoms with E-state index in [2.05, 4.69) is 15.4 Å². The van der Waals surface area contributed by atoms with Gasteiger partial charge in [0, 0.05) is 23.7 Å². The maximum absolute atomic E-state index is 12.7. The van der Waals surface area contributed by atoms with E-state index < -0.39 is 0 Å². The summed E-state index contributed by atoms with van der Waals surface area (Å²) in [5.74, 6) is 0.666. The van der Waals surface area contributed by atoms with Crippen LogP contribution in [0.5, 0.6) is 0 Å². The maximum Gasteiger partial charge on any atom is 0.273 e. The standard InChI is InChI=1S/C18H22N4O2/c1-11-16-13(7-4-8-14(16)23)20-17(11)18(24)21-15-9-10-19-22(15)12-5-2-3-6-12/h9-10,12,20H,2-8H2,1H3,(H,21,24). The van der Waals surface area contributed by atoms with Crippen molar-refractivity contribution in [3.63, 3.8) is 0 Å². The number of amides is 1. The number of aromatic amines is 1. The van der Waals surface area contributed by atoms with E-state index in [9.17, 15) is 9.59 Å². The number of carbonyl (C=O) groups excluding carboxylic acids is 2. The molecule has 2 heterocycles. The third kappa shape index (κ3) is 2.46. The van der Waals surface area contributed by atoms with Crippen molar-refractivity contribution in [3.8, 4) is 0 Å². The zero-order valence-corrected chi connectivity index (χ0v) is 13.9. The number of rotatable bonds is 3. The summed E-state index contributed by atoms with van der Waals surface area (Å²) in [6, 6.07) is 2.20. The summed E-state index contributed by atoms with van der Waals surface area (Å²) in [5.41, 5.74) is 2.88. The van der Waals surface area contributed by atoms with Crippen LogP contribution in [0.3, 0.4) is 0 Å². The molecule has 2 aromatic heterocycles. The topological polar surface area (TPSA) is 79.8 Å². The third-order valence-corrected chi connectivity index (χ3v) is 5.25. The van der Waals surface area contributed by atoms with E-state index in [0.717, 1.165) is 48.3 Å². The lowest BCUT2D eigenvalue weighted by Gasteiger charge is -2.14. The molecule has 2 aliphatic carbocycles. The van der Waals surface area contributed by atoms with Gasteiger partial charge in [-0.3, -0.25) is 9.59 Å². The van der Waals surface area contributed by atoms with Crippen LogP contribution in [0, 0.1) is 6.92 Å². The van der Waals surface area contributed by atoms with Gasteiger partial charge in [-0.05, 0) is 38.2 Å². The van der Waals surface area contributed by atoms with Crippen LogP contribution in [-0.2, 0) is 6.42 Å². The van der Waals surface area contributed by atoms with Crippen LogP contribution in [0.15, 0.2) is 12.3 Å². The predicted octanol–water partition coefficient (Wildman–Crippen LogP) is 3.41. The van der Waals surface area contributed by atoms with Crippen LogP contribution in [0.4, 0.5) is 5.82 Å². The van der Waals surface area contributed by atoms with Crippen LogP contribution >= 0.6 is 0 Å². The highest BCUT2D eigenvalue weighted by atomic mass is 16.2. The number of Topliss-reactive ketones (excluding diaryl/α,β-unsaturated/α-hetero) is 1. The maximum atomic E-state index is 12.7. The summed E-state index contributed by atoms with van der Waals surface area (Å²) in [6.45, 7) is 1.85. The van der Waals surface area contributed by atoms with Crippen molar-refractivity contribution >= 4 is 17.5 Å². The van der Waals surface area contributed by atoms with E-state index >= 15 is 0 Å². The fraction of sp³-hybridized carbons (Fsp3) is 0.500. The van der Waals surface area contributed by atoms with Crippen molar-refractivity contribution in [3.05, 3.63) is 34.8 Å². The Hall–Kier alpha value is -2.37. The van der Waals surface area contributed by atoms with Crippen molar-refractivity contribution < 1.29 is 9.59 Å². The average molecular weight is 326 g/mol. The second-order valence-corrected chi connectivity index (χ2v) is 6.81. The molecule has 0 bridgehead atoms. The highest BCUT2D eigenvalue weighted by molar-refractivity contribution is 6.08. The van der Waals surface area contributed by atoms with Gasteiger partial charge in [0.15, 0.2) is 5.78 Å². The Kier molecular flexibility index (Phi) is 3.75. The first-order valence-electron chi connectivity index (χ1n) is 8.74. The van der Waals surface area contributed by atoms with Crippen molar-refractivity contribution in [2.45, 2.75) is 57.9 Å². The number of aromatic nitrogens is 3. The quantitative estimate of drug-likeness (QED) is 0.907. The summed E-state index contributed by atoms with van der Waals surface area (Å²) in [6.07, 6.45) is 8.61. The van der Waals surface area contributed by atoms with E-state index in [4.69, 9.17) is 0 Å². The lowest BCUT2D eigenvalue weighted by molar-refractivity contribution is 0.0971. The molecule has 0 saturated heterocycles. The number of fused-ring (bicyclic) bond motifs is 1. The minimum absolute atomic E-state index is 0.139. The number of hydrogen-bond acceptors (Lipinski definition) is 3. The van der Waals surface area contributed by atoms with Crippen LogP contribution in [0.25, 0.3) is 0 Å². The van der Waals surface area contributed by atoms with E-state index in [1.165, 1.54) is 12.8 Å². The van der Waals surface area contributed by atoms with Gasteiger partial charge in [0.1, 0.15) is 11.5 Å². The van der Waals surface area contributed by atoms with Gasteiger partial charge in [0.05, 0.1) is 12.2 Å². The molecule has 24 heavy (non-hydrogen) atoms. The monoisotopic (exact) mass is 326 g/mol. The molecule has 0 unspecified atom stereocenters. The first-order valence-corrected chi connectivity index (χ1v) is 8.74. The van der Waals surface area contributed by atoms with Crippen molar-refractivity contribution in [2.24, 2.45) is 0 Å². The number of H-pyrrole nitrogens is 1. The Morgan fingerprint density at radius 2 is 2.08 bits per heavy atom. The first kappa shape index (κ1) is 15.2. The summed E-state index contributed by atoms with van der Waals surface area (Å²) < 4.78 is 1.92. The van der Waals surface area contributed by atoms with Gasteiger partial charge >= 0.3 is 0 Å². The lowest BCUT2D eigenvalue weighted by atomic mass is 9.94. The molecule has 0 spiro atoms. The summed E-state index contributed by atoms with van der Waals surface area (Å²) in [4.78, 5) is 28.0. The lowest BCUT2D eigenvalue weighted by Crippen LogP contribution is -2.18. The molecule has 0 atom stereocenters. The third-order valence-electron chi connectivity index (χ3n) is 5.25. The molecule has 0 aromatic carbocycles. The normalized spacial score (nSPS) is 18.0. The van der Waals surface area contributed by atoms with E-state index in [1.54, 1.807) is 6.20 Å². The second kappa shape index (κ2) is 5.92. The molecule has 1 saturated carbocycles. The van der Waals surface area contributed by atoms with Gasteiger partial charge in [-0.15, -0.1) is 0 Å². The van der Waals surface area contributed by atoms with Crippen LogP contribution in [-0.4, -0.2) is 26.5 Å². The fourth-order valence-electron chi connectivity index (χ4n) is 4.03. The molecule has 6 heteroatoms. The zero-order chi connectivity index (χ0) is 16.7. The highest BCUT2D eigenvalue weighted by Crippen LogP contribution is 2.32. The summed E-state index contributed by atoms with van der Waals surface area (Å²) in [5, 5.41) is 7.35. The molecule has 1 amide bonds. The molecular formula is C18H22N4O2. The number of carbonyl (C=O) groups is 2. The number of nitrogens with one attached hydrogen (secondary N) is 2. The Balaban J connectivity index is 1.60. The molecule has 1 fully saturated rings. The van der Waals surface area contributed by atoms with Crippen LogP contribution in [0.1, 0.15) is 76.7 Å². The first-order chi connectivity index (χ1) is 11.6. The zero-order valence-electron chi connectivity index (χ0n) is 13.9. The van der Waals surface area contributed by atoms with Gasteiger partial charge in [-0.25, -0.2) is 4.68 Å². The number of aryl methyl sites for hydroxylation is 1. The average Bonchev–Trinajstić information content (AvgIpc) is 3.27. The van der Waals surface area contributed by atoms with Gasteiger partial charge < -0.3 is 10.3 Å². The fourth-order valence-corrected chi connectivity index (χ4v) is 4.03. The van der Waals surface area contributed by atoms with Gasteiger partial charge in [0.25, 0.3) is 5.91 Å². The van der Waals surface area contributed by atoms with Crippen molar-refractivity contribution in [2.75, 3.05) is 5.32 Å². The predicted molar refractivity (Wildman–Crippen MR) is 90.5 cm³/mol. The second-order valence-electron chi connectivity index (χ2n) is 6.81. The highest BCUT2D eigenvalue weighted by Gasteiger charge is 2.27. The van der Waals surface area contributed by atoms with Gasteiger partial charge in [-0.2, -0.15) is 5.10 Å². The minimum atomic E-state index is -0.200. The molecule has 2 aliphatic rings. The molecule has 0 radical (unpaired) electrons. The van der Waals surface area contributed by atoms with Crippen molar-refractivity contribution in [1.82, 2.24) is 14.8 Å². The molecule has 2 N–H and O–H groups in total. The Labute approximate surface area is 140 Å². The number of ketones is 1. The Bertz CT molecular complexity index is 796. The van der Waals surface area contributed by atoms with E-state index in [1.807, 2.05) is 17.7 Å². The van der Waals surface area contributed by atoms with Crippen LogP contribution < -0.4 is 5.32 Å². The van der Waals surface area contributed by atoms with Gasteiger partial charge in [0.2, 0.25) is 0 Å². The van der Waals surface area contributed by atoms with Gasteiger partial charge in [-0.1, -0.05) is 12.8 Å². The van der Waals surface area contributed by atoms with E-state index in [-0.39, 0.29) is 11.7 Å². The Morgan fingerprint density at radius 3 is 2.83 bits per heavy atom. The molecule has 4 rings (SSSR count). The van der Waals surface area contributed by atoms with Crippen molar-refractivity contribution in [1.29, 1.82) is 0 Å². The largest absolute Gasteiger partial charge is 0.354 e. The smallest absolute Gasteiger partial charge is 0.273 e. The number of anilines is 1. The van der Waals surface area contributed by atoms with E-state index in [0.29, 0.717) is 18.2 Å². The molecule has 0 aliphatic heterocycles. The Morgan fingerprint density at radius 1 is 1.29 bits per heavy atom. The number of nitrogens with zero attached hydrogens (tertiary/aromatic N) is 2. The molecular weight excluding hydrogens is 304 g/mol. The minimum Gasteiger partial charge on any atom is -0.354 e. The molecule has 6 nitrogen and oxygen atoms in total. The SMILES string of the molecule is Cc1c(C(=O)Nc2ccnn2C2CCCC2)[nH]c2c1C(=O)CCC2. The van der Waals surface area contributed by atoms with Crippen LogP contribution in [0.2, 0.25) is 0 Å².